The van der Waals surface area contributed by atoms with E-state index >= 15 is 0 Å². The summed E-state index contributed by atoms with van der Waals surface area (Å²) in [5.74, 6) is 0.485. The zero-order chi connectivity index (χ0) is 18.8. The first kappa shape index (κ1) is 18.1. The number of thiazole rings is 1. The van der Waals surface area contributed by atoms with Crippen LogP contribution in [-0.2, 0) is 4.79 Å². The number of anilines is 1. The van der Waals surface area contributed by atoms with Crippen molar-refractivity contribution in [2.45, 2.75) is 32.6 Å². The molecule has 4 nitrogen and oxygen atoms in total. The number of nitrogens with one attached hydrogen (secondary N) is 1. The number of fused-ring (bicyclic) bond motifs is 1. The van der Waals surface area contributed by atoms with Crippen LogP contribution >= 0.6 is 11.3 Å². The molecule has 3 aromatic rings. The third-order valence-electron chi connectivity index (χ3n) is 5.41. The van der Waals surface area contributed by atoms with E-state index in [1.54, 1.807) is 11.3 Å². The third-order valence-corrected chi connectivity index (χ3v) is 6.61. The van der Waals surface area contributed by atoms with Gasteiger partial charge in [-0.3, -0.25) is 9.69 Å². The number of hydrogen-bond acceptors (Lipinski definition) is 4. The van der Waals surface area contributed by atoms with Gasteiger partial charge in [0.05, 0.1) is 21.8 Å². The summed E-state index contributed by atoms with van der Waals surface area (Å²) in [6, 6.07) is 14.3. The van der Waals surface area contributed by atoms with Crippen LogP contribution in [-0.4, -0.2) is 35.4 Å². The van der Waals surface area contributed by atoms with Crippen molar-refractivity contribution in [1.82, 2.24) is 9.88 Å². The SMILES string of the molecule is Cc1cccc(NC(=O)CN2CCC[C@H](c3nc4ccccc4s3)C2)c1C. The second-order valence-electron chi connectivity index (χ2n) is 7.39. The molecule has 2 heterocycles. The van der Waals surface area contributed by atoms with Crippen molar-refractivity contribution < 1.29 is 4.79 Å². The van der Waals surface area contributed by atoms with Crippen molar-refractivity contribution in [1.29, 1.82) is 0 Å². The van der Waals surface area contributed by atoms with Crippen molar-refractivity contribution in [3.05, 3.63) is 58.6 Å². The quantitative estimate of drug-likeness (QED) is 0.713. The molecule has 1 fully saturated rings. The van der Waals surface area contributed by atoms with E-state index in [2.05, 4.69) is 48.3 Å². The highest BCUT2D eigenvalue weighted by Gasteiger charge is 2.25. The standard InChI is InChI=1S/C22H25N3OS/c1-15-7-5-10-18(16(15)2)23-21(26)14-25-12-6-8-17(13-25)22-24-19-9-3-4-11-20(19)27-22/h3-5,7,9-11,17H,6,8,12-14H2,1-2H3,(H,23,26)/t17-/m0/s1. The number of aryl methyl sites for hydroxylation is 1. The van der Waals surface area contributed by atoms with Gasteiger partial charge in [0.15, 0.2) is 0 Å². The number of hydrogen-bond donors (Lipinski definition) is 1. The van der Waals surface area contributed by atoms with Crippen molar-refractivity contribution in [3.63, 3.8) is 0 Å². The van der Waals surface area contributed by atoms with Crippen molar-refractivity contribution >= 4 is 33.1 Å². The molecule has 1 aromatic heterocycles. The maximum absolute atomic E-state index is 12.6. The summed E-state index contributed by atoms with van der Waals surface area (Å²) in [6.07, 6.45) is 2.26. The van der Waals surface area contributed by atoms with Crippen LogP contribution in [0.4, 0.5) is 5.69 Å². The molecule has 0 aliphatic carbocycles. The fraction of sp³-hybridized carbons (Fsp3) is 0.364. The molecule has 1 amide bonds. The largest absolute Gasteiger partial charge is 0.325 e. The number of likely N-dealkylation sites (tertiary alicyclic amines) is 1. The van der Waals surface area contributed by atoms with Crippen LogP contribution in [0.25, 0.3) is 10.2 Å². The number of aromatic nitrogens is 1. The fourth-order valence-electron chi connectivity index (χ4n) is 3.74. The third kappa shape index (κ3) is 4.04. The second kappa shape index (κ2) is 7.79. The summed E-state index contributed by atoms with van der Waals surface area (Å²) in [5, 5.41) is 4.29. The van der Waals surface area contributed by atoms with Gasteiger partial charge >= 0.3 is 0 Å². The molecule has 1 aliphatic heterocycles. The van der Waals surface area contributed by atoms with E-state index in [1.165, 1.54) is 15.3 Å². The van der Waals surface area contributed by atoms with Crippen LogP contribution < -0.4 is 5.32 Å². The van der Waals surface area contributed by atoms with Gasteiger partial charge in [-0.2, -0.15) is 0 Å². The number of benzene rings is 2. The molecule has 4 rings (SSSR count). The molecular formula is C22H25N3OS. The summed E-state index contributed by atoms with van der Waals surface area (Å²) in [5.41, 5.74) is 4.33. The lowest BCUT2D eigenvalue weighted by atomic mass is 9.99. The molecule has 5 heteroatoms. The lowest BCUT2D eigenvalue weighted by Crippen LogP contribution is -2.39. The van der Waals surface area contributed by atoms with Crippen molar-refractivity contribution in [2.75, 3.05) is 25.0 Å². The highest BCUT2D eigenvalue weighted by Crippen LogP contribution is 2.32. The van der Waals surface area contributed by atoms with Gasteiger partial charge in [0, 0.05) is 18.2 Å². The first-order valence-corrected chi connectivity index (χ1v) is 10.4. The highest BCUT2D eigenvalue weighted by atomic mass is 32.1. The Morgan fingerprint density at radius 3 is 2.93 bits per heavy atom. The predicted molar refractivity (Wildman–Crippen MR) is 113 cm³/mol. The summed E-state index contributed by atoms with van der Waals surface area (Å²) >= 11 is 1.79. The predicted octanol–water partition coefficient (Wildman–Crippen LogP) is 4.73. The van der Waals surface area contributed by atoms with E-state index in [-0.39, 0.29) is 5.91 Å². The van der Waals surface area contributed by atoms with Crippen molar-refractivity contribution in [2.24, 2.45) is 0 Å². The summed E-state index contributed by atoms with van der Waals surface area (Å²) in [7, 11) is 0. The van der Waals surface area contributed by atoms with E-state index in [1.807, 2.05) is 18.2 Å². The summed E-state index contributed by atoms with van der Waals surface area (Å²) < 4.78 is 1.25. The minimum atomic E-state index is 0.0636. The molecule has 1 N–H and O–H groups in total. The van der Waals surface area contributed by atoms with Crippen molar-refractivity contribution in [3.8, 4) is 0 Å². The first-order valence-electron chi connectivity index (χ1n) is 9.54. The molecule has 0 radical (unpaired) electrons. The van der Waals surface area contributed by atoms with E-state index < -0.39 is 0 Å². The topological polar surface area (TPSA) is 45.2 Å². The molecule has 1 atom stereocenters. The fourth-order valence-corrected chi connectivity index (χ4v) is 4.84. The number of amides is 1. The van der Waals surface area contributed by atoms with Gasteiger partial charge in [-0.25, -0.2) is 4.98 Å². The summed E-state index contributed by atoms with van der Waals surface area (Å²) in [4.78, 5) is 19.7. The molecule has 0 saturated carbocycles. The number of para-hydroxylation sites is 1. The Balaban J connectivity index is 1.40. The number of nitrogens with zero attached hydrogens (tertiary/aromatic N) is 2. The minimum absolute atomic E-state index is 0.0636. The minimum Gasteiger partial charge on any atom is -0.325 e. The van der Waals surface area contributed by atoms with Gasteiger partial charge in [0.2, 0.25) is 5.91 Å². The number of piperidine rings is 1. The lowest BCUT2D eigenvalue weighted by Gasteiger charge is -2.31. The second-order valence-corrected chi connectivity index (χ2v) is 8.45. The summed E-state index contributed by atoms with van der Waals surface area (Å²) in [6.45, 7) is 6.43. The normalized spacial score (nSPS) is 17.9. The molecule has 0 spiro atoms. The van der Waals surface area contributed by atoms with E-state index in [0.29, 0.717) is 12.5 Å². The Labute approximate surface area is 164 Å². The molecule has 0 unspecified atom stereocenters. The van der Waals surface area contributed by atoms with Crippen LogP contribution in [0.3, 0.4) is 0 Å². The van der Waals surface area contributed by atoms with Gasteiger partial charge in [0.25, 0.3) is 0 Å². The molecule has 27 heavy (non-hydrogen) atoms. The monoisotopic (exact) mass is 379 g/mol. The van der Waals surface area contributed by atoms with Crippen LogP contribution in [0.5, 0.6) is 0 Å². The Morgan fingerprint density at radius 1 is 1.22 bits per heavy atom. The maximum atomic E-state index is 12.6. The van der Waals surface area contributed by atoms with E-state index in [9.17, 15) is 4.79 Å². The maximum Gasteiger partial charge on any atom is 0.238 e. The van der Waals surface area contributed by atoms with Crippen LogP contribution in [0.1, 0.15) is 34.9 Å². The number of carbonyl (C=O) groups is 1. The number of carbonyl (C=O) groups excluding carboxylic acids is 1. The van der Waals surface area contributed by atoms with Gasteiger partial charge in [-0.05, 0) is 62.6 Å². The van der Waals surface area contributed by atoms with E-state index in [0.717, 1.165) is 42.7 Å². The lowest BCUT2D eigenvalue weighted by molar-refractivity contribution is -0.117. The molecule has 140 valence electrons. The molecule has 0 bridgehead atoms. The molecule has 2 aromatic carbocycles. The average Bonchev–Trinajstić information content (AvgIpc) is 3.10. The smallest absolute Gasteiger partial charge is 0.238 e. The van der Waals surface area contributed by atoms with Crippen LogP contribution in [0.15, 0.2) is 42.5 Å². The van der Waals surface area contributed by atoms with Gasteiger partial charge in [-0.15, -0.1) is 11.3 Å². The first-order chi connectivity index (χ1) is 13.1. The Hall–Kier alpha value is -2.24. The molecule has 1 saturated heterocycles. The van der Waals surface area contributed by atoms with E-state index in [4.69, 9.17) is 4.98 Å². The van der Waals surface area contributed by atoms with Gasteiger partial charge in [0.1, 0.15) is 0 Å². The Kier molecular flexibility index (Phi) is 5.23. The van der Waals surface area contributed by atoms with Gasteiger partial charge < -0.3 is 5.32 Å². The van der Waals surface area contributed by atoms with Gasteiger partial charge in [-0.1, -0.05) is 24.3 Å². The zero-order valence-electron chi connectivity index (χ0n) is 15.9. The average molecular weight is 380 g/mol. The highest BCUT2D eigenvalue weighted by molar-refractivity contribution is 7.18. The van der Waals surface area contributed by atoms with Crippen LogP contribution in [0, 0.1) is 13.8 Å². The zero-order valence-corrected chi connectivity index (χ0v) is 16.7. The number of rotatable bonds is 4. The Bertz CT molecular complexity index is 932. The molecular weight excluding hydrogens is 354 g/mol. The Morgan fingerprint density at radius 2 is 2.07 bits per heavy atom. The van der Waals surface area contributed by atoms with Crippen LogP contribution in [0.2, 0.25) is 0 Å². The molecule has 1 aliphatic rings.